The minimum atomic E-state index is 0.480. The third kappa shape index (κ3) is 1.85. The van der Waals surface area contributed by atoms with Gasteiger partial charge in [-0.1, -0.05) is 6.92 Å². The van der Waals surface area contributed by atoms with E-state index in [4.69, 9.17) is 4.42 Å². The van der Waals surface area contributed by atoms with Gasteiger partial charge in [-0.15, -0.1) is 0 Å². The highest BCUT2D eigenvalue weighted by molar-refractivity contribution is 5.10. The molecule has 0 amide bonds. The van der Waals surface area contributed by atoms with Crippen LogP contribution in [0.15, 0.2) is 22.8 Å². The Labute approximate surface area is 85.7 Å². The van der Waals surface area contributed by atoms with Crippen LogP contribution in [0.1, 0.15) is 32.4 Å². The van der Waals surface area contributed by atoms with Crippen LogP contribution in [0.2, 0.25) is 0 Å². The lowest BCUT2D eigenvalue weighted by atomic mass is 9.92. The van der Waals surface area contributed by atoms with Crippen molar-refractivity contribution in [2.45, 2.75) is 39.2 Å². The van der Waals surface area contributed by atoms with Crippen LogP contribution in [0, 0.1) is 5.41 Å². The first-order chi connectivity index (χ1) is 6.77. The normalized spacial score (nSPS) is 20.7. The van der Waals surface area contributed by atoms with Gasteiger partial charge in [-0.05, 0) is 43.9 Å². The van der Waals surface area contributed by atoms with Crippen molar-refractivity contribution in [2.75, 3.05) is 6.54 Å². The predicted molar refractivity (Wildman–Crippen MR) is 57.2 cm³/mol. The number of furan rings is 1. The zero-order valence-electron chi connectivity index (χ0n) is 9.05. The number of hydrogen-bond donors (Lipinski definition) is 1. The van der Waals surface area contributed by atoms with Crippen molar-refractivity contribution in [3.63, 3.8) is 0 Å². The average molecular weight is 193 g/mol. The lowest BCUT2D eigenvalue weighted by molar-refractivity contribution is 0.330. The van der Waals surface area contributed by atoms with Gasteiger partial charge in [-0.2, -0.15) is 0 Å². The molecule has 1 aromatic rings. The molecule has 0 radical (unpaired) electrons. The van der Waals surface area contributed by atoms with Crippen LogP contribution in [0.3, 0.4) is 0 Å². The summed E-state index contributed by atoms with van der Waals surface area (Å²) in [7, 11) is 0. The second kappa shape index (κ2) is 3.77. The Morgan fingerprint density at radius 2 is 2.36 bits per heavy atom. The summed E-state index contributed by atoms with van der Waals surface area (Å²) in [5.74, 6) is 1.13. The van der Waals surface area contributed by atoms with Gasteiger partial charge in [-0.3, -0.25) is 0 Å². The summed E-state index contributed by atoms with van der Waals surface area (Å²) in [6, 6.07) is 4.67. The number of nitrogens with one attached hydrogen (secondary N) is 1. The van der Waals surface area contributed by atoms with Gasteiger partial charge in [0, 0.05) is 12.5 Å². The molecule has 1 aliphatic rings. The van der Waals surface area contributed by atoms with Gasteiger partial charge >= 0.3 is 0 Å². The van der Waals surface area contributed by atoms with E-state index in [0.717, 1.165) is 18.7 Å². The molecule has 1 fully saturated rings. The van der Waals surface area contributed by atoms with Crippen molar-refractivity contribution in [3.8, 4) is 0 Å². The predicted octanol–water partition coefficient (Wildman–Crippen LogP) is 2.60. The van der Waals surface area contributed by atoms with Gasteiger partial charge < -0.3 is 9.73 Å². The molecule has 1 aliphatic carbocycles. The molecule has 1 heterocycles. The highest BCUT2D eigenvalue weighted by Crippen LogP contribution is 2.51. The molecule has 1 atom stereocenters. The fourth-order valence-electron chi connectivity index (χ4n) is 2.21. The minimum Gasteiger partial charge on any atom is -0.469 e. The number of rotatable bonds is 5. The monoisotopic (exact) mass is 193 g/mol. The van der Waals surface area contributed by atoms with Crippen LogP contribution in [0.4, 0.5) is 0 Å². The Morgan fingerprint density at radius 1 is 1.57 bits per heavy atom. The molecule has 1 N–H and O–H groups in total. The highest BCUT2D eigenvalue weighted by atomic mass is 16.3. The van der Waals surface area contributed by atoms with E-state index < -0.39 is 0 Å². The van der Waals surface area contributed by atoms with Crippen LogP contribution >= 0.6 is 0 Å². The van der Waals surface area contributed by atoms with E-state index in [1.165, 1.54) is 12.8 Å². The first kappa shape index (κ1) is 9.78. The Kier molecular flexibility index (Phi) is 2.64. The van der Waals surface area contributed by atoms with Crippen LogP contribution in [-0.4, -0.2) is 12.6 Å². The van der Waals surface area contributed by atoms with Crippen molar-refractivity contribution < 1.29 is 4.42 Å². The van der Waals surface area contributed by atoms with Gasteiger partial charge in [0.05, 0.1) is 6.26 Å². The van der Waals surface area contributed by atoms with E-state index in [9.17, 15) is 0 Å². The first-order valence-corrected chi connectivity index (χ1v) is 5.52. The molecule has 2 nitrogen and oxygen atoms in total. The summed E-state index contributed by atoms with van der Waals surface area (Å²) in [6.45, 7) is 5.51. The molecule has 0 saturated heterocycles. The van der Waals surface area contributed by atoms with Crippen molar-refractivity contribution in [2.24, 2.45) is 5.41 Å². The summed E-state index contributed by atoms with van der Waals surface area (Å²) >= 11 is 0. The van der Waals surface area contributed by atoms with Crippen LogP contribution < -0.4 is 5.32 Å². The second-order valence-electron chi connectivity index (χ2n) is 4.40. The quantitative estimate of drug-likeness (QED) is 0.777. The zero-order chi connectivity index (χ0) is 10.0. The Bertz CT molecular complexity index is 275. The molecule has 0 spiro atoms. The maximum Gasteiger partial charge on any atom is 0.104 e. The molecular formula is C12H19NO. The maximum absolute atomic E-state index is 5.41. The van der Waals surface area contributed by atoms with Crippen molar-refractivity contribution in [1.82, 2.24) is 5.32 Å². The third-order valence-corrected chi connectivity index (χ3v) is 3.43. The number of hydrogen-bond acceptors (Lipinski definition) is 2. The maximum atomic E-state index is 5.41. The van der Waals surface area contributed by atoms with Gasteiger partial charge in [0.25, 0.3) is 0 Å². The van der Waals surface area contributed by atoms with E-state index in [0.29, 0.717) is 11.5 Å². The van der Waals surface area contributed by atoms with Gasteiger partial charge in [0.1, 0.15) is 5.76 Å². The van der Waals surface area contributed by atoms with E-state index in [-0.39, 0.29) is 0 Å². The summed E-state index contributed by atoms with van der Waals surface area (Å²) in [4.78, 5) is 0. The molecule has 2 rings (SSSR count). The third-order valence-electron chi connectivity index (χ3n) is 3.43. The Hall–Kier alpha value is -0.760. The second-order valence-corrected chi connectivity index (χ2v) is 4.40. The fraction of sp³-hybridized carbons (Fsp3) is 0.667. The van der Waals surface area contributed by atoms with E-state index in [2.05, 4.69) is 25.2 Å². The van der Waals surface area contributed by atoms with E-state index >= 15 is 0 Å². The van der Waals surface area contributed by atoms with Crippen LogP contribution in [0.5, 0.6) is 0 Å². The van der Waals surface area contributed by atoms with Crippen molar-refractivity contribution in [3.05, 3.63) is 24.2 Å². The average Bonchev–Trinajstić information content (AvgIpc) is 2.75. The van der Waals surface area contributed by atoms with Crippen LogP contribution in [0.25, 0.3) is 0 Å². The summed E-state index contributed by atoms with van der Waals surface area (Å²) in [5, 5.41) is 3.52. The Morgan fingerprint density at radius 3 is 2.86 bits per heavy atom. The summed E-state index contributed by atoms with van der Waals surface area (Å²) in [5.41, 5.74) is 0.480. The van der Waals surface area contributed by atoms with E-state index in [1.807, 2.05) is 6.07 Å². The lowest BCUT2D eigenvalue weighted by Gasteiger charge is -2.23. The molecule has 0 aliphatic heterocycles. The lowest BCUT2D eigenvalue weighted by Crippen LogP contribution is -2.35. The molecule has 0 bridgehead atoms. The van der Waals surface area contributed by atoms with Gasteiger partial charge in [-0.25, -0.2) is 0 Å². The molecule has 2 heteroatoms. The first-order valence-electron chi connectivity index (χ1n) is 5.52. The minimum absolute atomic E-state index is 0.480. The van der Waals surface area contributed by atoms with Crippen LogP contribution in [-0.2, 0) is 6.42 Å². The molecule has 78 valence electrons. The topological polar surface area (TPSA) is 25.2 Å². The SMILES string of the molecule is CCNC(C)C1(Cc2ccco2)CC1. The molecule has 1 saturated carbocycles. The smallest absolute Gasteiger partial charge is 0.104 e. The molecule has 1 aromatic heterocycles. The van der Waals surface area contributed by atoms with Crippen molar-refractivity contribution >= 4 is 0 Å². The Balaban J connectivity index is 1.96. The van der Waals surface area contributed by atoms with Gasteiger partial charge in [0.2, 0.25) is 0 Å². The molecular weight excluding hydrogens is 174 g/mol. The molecule has 14 heavy (non-hydrogen) atoms. The highest BCUT2D eigenvalue weighted by Gasteiger charge is 2.47. The largest absolute Gasteiger partial charge is 0.469 e. The summed E-state index contributed by atoms with van der Waals surface area (Å²) in [6.07, 6.45) is 5.53. The molecule has 1 unspecified atom stereocenters. The fourth-order valence-corrected chi connectivity index (χ4v) is 2.21. The van der Waals surface area contributed by atoms with E-state index in [1.54, 1.807) is 6.26 Å². The van der Waals surface area contributed by atoms with Crippen molar-refractivity contribution in [1.29, 1.82) is 0 Å². The zero-order valence-corrected chi connectivity index (χ0v) is 9.05. The standard InChI is InChI=1S/C12H19NO/c1-3-13-10(2)12(6-7-12)9-11-5-4-8-14-11/h4-5,8,10,13H,3,6-7,9H2,1-2H3. The molecule has 0 aromatic carbocycles. The summed E-state index contributed by atoms with van der Waals surface area (Å²) < 4.78 is 5.41. The van der Waals surface area contributed by atoms with Gasteiger partial charge in [0.15, 0.2) is 0 Å².